The van der Waals surface area contributed by atoms with Crippen LogP contribution < -0.4 is 26.7 Å². The minimum atomic E-state index is -0.533. The second kappa shape index (κ2) is 15.8. The zero-order valence-corrected chi connectivity index (χ0v) is 27.6. The van der Waals surface area contributed by atoms with E-state index in [2.05, 4.69) is 21.3 Å². The van der Waals surface area contributed by atoms with E-state index in [1.807, 2.05) is 19.0 Å². The quantitative estimate of drug-likeness (QED) is 0.0681. The lowest BCUT2D eigenvalue weighted by Crippen LogP contribution is -2.28. The molecule has 15 nitrogen and oxygen atoms in total. The van der Waals surface area contributed by atoms with Gasteiger partial charge in [0.2, 0.25) is 11.8 Å². The summed E-state index contributed by atoms with van der Waals surface area (Å²) >= 11 is 0. The summed E-state index contributed by atoms with van der Waals surface area (Å²) < 4.78 is 4.80. The standard InChI is InChI=1S/C33H41N9O6/c1-39(2)12-6-11-34-31(45)26-16-24(19-40(26)3)36-33(47)28-17-25(20-42(28)5)37-32(46)27-15-23(18-41(27)4)35-29(43)13-21-7-9-22(10-8-21)14-30(44)38-48/h7-10,15-20,48H,6,11-14H2,1-5H3,(H,34,45)(H,35,43)(H,36,47)(H,37,46)(H,38,44). The number of carbonyl (C=O) groups excluding carboxylic acids is 5. The molecule has 6 N–H and O–H groups in total. The van der Waals surface area contributed by atoms with Crippen molar-refractivity contribution in [3.63, 3.8) is 0 Å². The SMILES string of the molecule is CN(C)CCCNC(=O)c1cc(NC(=O)c2cc(NC(=O)c3cc(NC(=O)Cc4ccc(CC(=O)NO)cc4)cn3C)cn2C)cn1C. The Morgan fingerprint density at radius 1 is 0.646 bits per heavy atom. The smallest absolute Gasteiger partial charge is 0.272 e. The van der Waals surface area contributed by atoms with Crippen LogP contribution in [0.5, 0.6) is 0 Å². The van der Waals surface area contributed by atoms with Gasteiger partial charge in [0.1, 0.15) is 17.1 Å². The van der Waals surface area contributed by atoms with Crippen LogP contribution in [0.4, 0.5) is 17.1 Å². The van der Waals surface area contributed by atoms with Gasteiger partial charge < -0.3 is 39.9 Å². The lowest BCUT2D eigenvalue weighted by atomic mass is 10.1. The molecule has 0 aliphatic carbocycles. The average Bonchev–Trinajstić information content (AvgIpc) is 3.71. The van der Waals surface area contributed by atoms with Gasteiger partial charge in [0.15, 0.2) is 0 Å². The van der Waals surface area contributed by atoms with Crippen LogP contribution in [0.3, 0.4) is 0 Å². The number of amides is 5. The van der Waals surface area contributed by atoms with E-state index < -0.39 is 17.7 Å². The number of rotatable bonds is 14. The fraction of sp³-hybridized carbons (Fsp3) is 0.303. The Morgan fingerprint density at radius 3 is 1.50 bits per heavy atom. The highest BCUT2D eigenvalue weighted by Crippen LogP contribution is 2.20. The first-order valence-corrected chi connectivity index (χ1v) is 15.2. The normalized spacial score (nSPS) is 10.9. The number of carbonyl (C=O) groups is 5. The summed E-state index contributed by atoms with van der Waals surface area (Å²) in [5, 5.41) is 19.9. The van der Waals surface area contributed by atoms with Crippen LogP contribution in [0.25, 0.3) is 0 Å². The molecule has 48 heavy (non-hydrogen) atoms. The number of hydrogen-bond donors (Lipinski definition) is 6. The van der Waals surface area contributed by atoms with Crippen molar-refractivity contribution < 1.29 is 29.2 Å². The van der Waals surface area contributed by atoms with Crippen molar-refractivity contribution in [1.82, 2.24) is 29.4 Å². The monoisotopic (exact) mass is 659 g/mol. The fourth-order valence-corrected chi connectivity index (χ4v) is 5.04. The summed E-state index contributed by atoms with van der Waals surface area (Å²) in [6.45, 7) is 1.39. The van der Waals surface area contributed by atoms with Crippen molar-refractivity contribution in [3.8, 4) is 0 Å². The average molecular weight is 660 g/mol. The molecule has 0 unspecified atom stereocenters. The van der Waals surface area contributed by atoms with E-state index >= 15 is 0 Å². The number of hydroxylamine groups is 1. The third-order valence-corrected chi connectivity index (χ3v) is 7.46. The summed E-state index contributed by atoms with van der Waals surface area (Å²) in [5.41, 5.74) is 5.25. The van der Waals surface area contributed by atoms with E-state index in [1.165, 1.54) is 0 Å². The predicted molar refractivity (Wildman–Crippen MR) is 180 cm³/mol. The summed E-state index contributed by atoms with van der Waals surface area (Å²) in [6, 6.07) is 11.6. The molecule has 1 aromatic carbocycles. The number of benzene rings is 1. The highest BCUT2D eigenvalue weighted by molar-refractivity contribution is 6.07. The number of nitrogens with zero attached hydrogens (tertiary/aromatic N) is 4. The first kappa shape index (κ1) is 35.2. The van der Waals surface area contributed by atoms with Gasteiger partial charge in [0, 0.05) is 46.3 Å². The second-order valence-corrected chi connectivity index (χ2v) is 11.7. The molecule has 0 fully saturated rings. The van der Waals surface area contributed by atoms with Crippen molar-refractivity contribution in [2.75, 3.05) is 43.1 Å². The van der Waals surface area contributed by atoms with Crippen molar-refractivity contribution >= 4 is 46.6 Å². The van der Waals surface area contributed by atoms with Crippen LogP contribution in [0, 0.1) is 0 Å². The minimum Gasteiger partial charge on any atom is -0.351 e. The molecule has 0 saturated carbocycles. The maximum Gasteiger partial charge on any atom is 0.272 e. The van der Waals surface area contributed by atoms with E-state index in [4.69, 9.17) is 5.21 Å². The van der Waals surface area contributed by atoms with Gasteiger partial charge in [-0.25, -0.2) is 5.48 Å². The molecular formula is C33H41N9O6. The van der Waals surface area contributed by atoms with Crippen LogP contribution in [-0.4, -0.2) is 80.5 Å². The van der Waals surface area contributed by atoms with Gasteiger partial charge in [-0.1, -0.05) is 24.3 Å². The van der Waals surface area contributed by atoms with Gasteiger partial charge >= 0.3 is 0 Å². The van der Waals surface area contributed by atoms with Crippen LogP contribution in [0.15, 0.2) is 61.1 Å². The van der Waals surface area contributed by atoms with Gasteiger partial charge in [-0.2, -0.15) is 0 Å². The summed E-state index contributed by atoms with van der Waals surface area (Å²) in [7, 11) is 9.02. The fourth-order valence-electron chi connectivity index (χ4n) is 5.04. The molecule has 0 saturated heterocycles. The number of hydrogen-bond acceptors (Lipinski definition) is 7. The third-order valence-electron chi connectivity index (χ3n) is 7.46. The summed E-state index contributed by atoms with van der Waals surface area (Å²) in [6.07, 6.45) is 5.79. The first-order chi connectivity index (χ1) is 22.8. The van der Waals surface area contributed by atoms with Crippen molar-refractivity contribution in [2.45, 2.75) is 19.3 Å². The molecular weight excluding hydrogens is 618 g/mol. The minimum absolute atomic E-state index is 0.0169. The zero-order valence-electron chi connectivity index (χ0n) is 27.6. The summed E-state index contributed by atoms with van der Waals surface area (Å²) in [5.74, 6) is -1.92. The highest BCUT2D eigenvalue weighted by Gasteiger charge is 2.19. The van der Waals surface area contributed by atoms with Gasteiger partial charge in [-0.3, -0.25) is 29.2 Å². The summed E-state index contributed by atoms with van der Waals surface area (Å²) in [4.78, 5) is 64.9. The van der Waals surface area contributed by atoms with E-state index in [9.17, 15) is 24.0 Å². The maximum absolute atomic E-state index is 13.1. The highest BCUT2D eigenvalue weighted by atomic mass is 16.5. The van der Waals surface area contributed by atoms with Gasteiger partial charge in [-0.05, 0) is 56.4 Å². The number of aromatic nitrogens is 3. The third kappa shape index (κ3) is 9.43. The molecule has 4 rings (SSSR count). The lowest BCUT2D eigenvalue weighted by Gasteiger charge is -2.10. The van der Waals surface area contributed by atoms with Crippen molar-refractivity contribution in [2.24, 2.45) is 21.1 Å². The number of nitrogens with one attached hydrogen (secondary N) is 5. The molecule has 0 bridgehead atoms. The second-order valence-electron chi connectivity index (χ2n) is 11.7. The first-order valence-electron chi connectivity index (χ1n) is 15.2. The zero-order chi connectivity index (χ0) is 35.0. The van der Waals surface area contributed by atoms with E-state index in [1.54, 1.807) is 101 Å². The van der Waals surface area contributed by atoms with E-state index in [-0.39, 0.29) is 36.0 Å². The molecule has 15 heteroatoms. The Labute approximate surface area is 277 Å². The van der Waals surface area contributed by atoms with Crippen LogP contribution in [0.2, 0.25) is 0 Å². The number of aryl methyl sites for hydroxylation is 3. The van der Waals surface area contributed by atoms with Crippen molar-refractivity contribution in [1.29, 1.82) is 0 Å². The molecule has 0 radical (unpaired) electrons. The van der Waals surface area contributed by atoms with Gasteiger partial charge in [0.25, 0.3) is 17.7 Å². The Balaban J connectivity index is 1.32. The van der Waals surface area contributed by atoms with Gasteiger partial charge in [-0.15, -0.1) is 0 Å². The van der Waals surface area contributed by atoms with Crippen LogP contribution >= 0.6 is 0 Å². The molecule has 3 aromatic heterocycles. The molecule has 0 aliphatic rings. The molecule has 0 atom stereocenters. The Hall–Kier alpha value is -5.67. The molecule has 0 aliphatic heterocycles. The van der Waals surface area contributed by atoms with Crippen molar-refractivity contribution in [3.05, 3.63) is 89.3 Å². The van der Waals surface area contributed by atoms with E-state index in [0.29, 0.717) is 34.9 Å². The maximum atomic E-state index is 13.1. The molecule has 0 spiro atoms. The topological polar surface area (TPSA) is 184 Å². The lowest BCUT2D eigenvalue weighted by molar-refractivity contribution is -0.128. The molecule has 4 aromatic rings. The Kier molecular flexibility index (Phi) is 11.5. The number of anilines is 3. The Morgan fingerprint density at radius 2 is 1.06 bits per heavy atom. The van der Waals surface area contributed by atoms with Gasteiger partial charge in [0.05, 0.1) is 29.9 Å². The molecule has 254 valence electrons. The largest absolute Gasteiger partial charge is 0.351 e. The Bertz CT molecular complexity index is 1800. The predicted octanol–water partition coefficient (Wildman–Crippen LogP) is 2.12. The molecule has 3 heterocycles. The van der Waals surface area contributed by atoms with Crippen LogP contribution in [0.1, 0.15) is 49.0 Å². The van der Waals surface area contributed by atoms with E-state index in [0.717, 1.165) is 18.5 Å². The van der Waals surface area contributed by atoms with Crippen LogP contribution in [-0.2, 0) is 43.6 Å². The molecule has 5 amide bonds.